The van der Waals surface area contributed by atoms with Crippen molar-refractivity contribution in [3.05, 3.63) is 75.6 Å². The van der Waals surface area contributed by atoms with Crippen LogP contribution >= 0.6 is 0 Å². The molecule has 0 radical (unpaired) electrons. The van der Waals surface area contributed by atoms with Crippen LogP contribution in [0.2, 0.25) is 0 Å². The Bertz CT molecular complexity index is 1000. The van der Waals surface area contributed by atoms with E-state index in [0.717, 1.165) is 16.5 Å². The summed E-state index contributed by atoms with van der Waals surface area (Å²) >= 11 is 0. The standard InChI is InChI=1S/C22H22O5/c1-4-25-21(23)15(3)26-17-10-11-18-14(2)19(22(24)27-20(18)13-17)12-16-8-6-5-7-9-16/h5-11,13,15H,4,12H2,1-3H3. The van der Waals surface area contributed by atoms with Gasteiger partial charge in [0.05, 0.1) is 6.61 Å². The zero-order valence-corrected chi connectivity index (χ0v) is 15.7. The molecule has 1 heterocycles. The summed E-state index contributed by atoms with van der Waals surface area (Å²) in [7, 11) is 0. The molecular formula is C22H22O5. The Morgan fingerprint density at radius 1 is 1.15 bits per heavy atom. The van der Waals surface area contributed by atoms with E-state index in [1.807, 2.05) is 43.3 Å². The van der Waals surface area contributed by atoms with Crippen molar-refractivity contribution >= 4 is 16.9 Å². The maximum absolute atomic E-state index is 12.5. The lowest BCUT2D eigenvalue weighted by molar-refractivity contribution is -0.150. The molecule has 3 aromatic rings. The SMILES string of the molecule is CCOC(=O)C(C)Oc1ccc2c(C)c(Cc3ccccc3)c(=O)oc2c1. The van der Waals surface area contributed by atoms with E-state index in [1.165, 1.54) is 0 Å². The summed E-state index contributed by atoms with van der Waals surface area (Å²) in [6.45, 7) is 5.57. The van der Waals surface area contributed by atoms with Gasteiger partial charge in [-0.2, -0.15) is 0 Å². The molecule has 1 unspecified atom stereocenters. The largest absolute Gasteiger partial charge is 0.479 e. The van der Waals surface area contributed by atoms with Gasteiger partial charge in [0, 0.05) is 23.4 Å². The lowest BCUT2D eigenvalue weighted by Gasteiger charge is -2.14. The van der Waals surface area contributed by atoms with Crippen molar-refractivity contribution in [1.82, 2.24) is 0 Å². The number of esters is 1. The summed E-state index contributed by atoms with van der Waals surface area (Å²) in [6, 6.07) is 15.0. The highest BCUT2D eigenvalue weighted by Crippen LogP contribution is 2.26. The molecule has 0 aliphatic rings. The van der Waals surface area contributed by atoms with Crippen molar-refractivity contribution in [2.45, 2.75) is 33.3 Å². The van der Waals surface area contributed by atoms with Crippen LogP contribution in [0.4, 0.5) is 0 Å². The maximum atomic E-state index is 12.5. The summed E-state index contributed by atoms with van der Waals surface area (Å²) < 4.78 is 16.1. The lowest BCUT2D eigenvalue weighted by Crippen LogP contribution is -2.26. The second kappa shape index (κ2) is 8.08. The molecule has 0 spiro atoms. The first kappa shape index (κ1) is 18.7. The summed E-state index contributed by atoms with van der Waals surface area (Å²) in [5.41, 5.74) is 2.65. The van der Waals surface area contributed by atoms with Crippen LogP contribution < -0.4 is 10.4 Å². The van der Waals surface area contributed by atoms with Gasteiger partial charge < -0.3 is 13.9 Å². The van der Waals surface area contributed by atoms with Crippen LogP contribution in [0.1, 0.15) is 30.5 Å². The number of rotatable bonds is 6. The third kappa shape index (κ3) is 4.19. The van der Waals surface area contributed by atoms with Crippen LogP contribution in [0.3, 0.4) is 0 Å². The van der Waals surface area contributed by atoms with E-state index in [4.69, 9.17) is 13.9 Å². The van der Waals surface area contributed by atoms with Gasteiger partial charge >= 0.3 is 11.6 Å². The van der Waals surface area contributed by atoms with Crippen LogP contribution in [-0.2, 0) is 16.0 Å². The Kier molecular flexibility index (Phi) is 5.60. The number of hydrogen-bond acceptors (Lipinski definition) is 5. The molecule has 0 aliphatic carbocycles. The molecule has 1 atom stereocenters. The molecule has 0 saturated carbocycles. The van der Waals surface area contributed by atoms with Crippen molar-refractivity contribution in [2.75, 3.05) is 6.61 Å². The highest BCUT2D eigenvalue weighted by atomic mass is 16.6. The predicted molar refractivity (Wildman–Crippen MR) is 103 cm³/mol. The molecule has 140 valence electrons. The van der Waals surface area contributed by atoms with Gasteiger partial charge in [-0.05, 0) is 44.0 Å². The minimum absolute atomic E-state index is 0.294. The Morgan fingerprint density at radius 3 is 2.59 bits per heavy atom. The fourth-order valence-electron chi connectivity index (χ4n) is 2.96. The first-order valence-electron chi connectivity index (χ1n) is 8.93. The maximum Gasteiger partial charge on any atom is 0.347 e. The van der Waals surface area contributed by atoms with Crippen molar-refractivity contribution in [2.24, 2.45) is 0 Å². The Labute approximate surface area is 157 Å². The fourth-order valence-corrected chi connectivity index (χ4v) is 2.96. The van der Waals surface area contributed by atoms with Gasteiger partial charge in [-0.25, -0.2) is 9.59 Å². The highest BCUT2D eigenvalue weighted by Gasteiger charge is 2.17. The van der Waals surface area contributed by atoms with Crippen molar-refractivity contribution < 1.29 is 18.7 Å². The molecule has 0 bridgehead atoms. The van der Waals surface area contributed by atoms with E-state index in [-0.39, 0.29) is 5.63 Å². The van der Waals surface area contributed by atoms with Crippen LogP contribution in [0.15, 0.2) is 57.7 Å². The van der Waals surface area contributed by atoms with Crippen molar-refractivity contribution in [1.29, 1.82) is 0 Å². The van der Waals surface area contributed by atoms with Gasteiger partial charge in [0.25, 0.3) is 0 Å². The number of ether oxygens (including phenoxy) is 2. The van der Waals surface area contributed by atoms with E-state index in [2.05, 4.69) is 0 Å². The van der Waals surface area contributed by atoms with Gasteiger partial charge in [0.2, 0.25) is 0 Å². The van der Waals surface area contributed by atoms with Gasteiger partial charge in [0.15, 0.2) is 6.10 Å². The first-order valence-corrected chi connectivity index (χ1v) is 8.93. The molecule has 27 heavy (non-hydrogen) atoms. The topological polar surface area (TPSA) is 65.7 Å². The van der Waals surface area contributed by atoms with E-state index in [9.17, 15) is 9.59 Å². The van der Waals surface area contributed by atoms with Gasteiger partial charge in [-0.1, -0.05) is 30.3 Å². The molecule has 0 N–H and O–H groups in total. The minimum atomic E-state index is -0.743. The highest BCUT2D eigenvalue weighted by molar-refractivity contribution is 5.82. The first-order chi connectivity index (χ1) is 13.0. The zero-order chi connectivity index (χ0) is 19.4. The van der Waals surface area contributed by atoms with Crippen molar-refractivity contribution in [3.63, 3.8) is 0 Å². The normalized spacial score (nSPS) is 12.0. The van der Waals surface area contributed by atoms with Gasteiger partial charge in [-0.3, -0.25) is 0 Å². The van der Waals surface area contributed by atoms with Crippen LogP contribution in [-0.4, -0.2) is 18.7 Å². The molecule has 5 heteroatoms. The third-order valence-electron chi connectivity index (χ3n) is 4.41. The number of fused-ring (bicyclic) bond motifs is 1. The minimum Gasteiger partial charge on any atom is -0.479 e. The Hall–Kier alpha value is -3.08. The monoisotopic (exact) mass is 366 g/mol. The fraction of sp³-hybridized carbons (Fsp3) is 0.273. The number of benzene rings is 2. The van der Waals surface area contributed by atoms with Crippen LogP contribution in [0, 0.1) is 6.92 Å². The molecule has 5 nitrogen and oxygen atoms in total. The average Bonchev–Trinajstić information content (AvgIpc) is 2.66. The van der Waals surface area contributed by atoms with E-state index >= 15 is 0 Å². The van der Waals surface area contributed by atoms with Crippen molar-refractivity contribution in [3.8, 4) is 5.75 Å². The smallest absolute Gasteiger partial charge is 0.347 e. The van der Waals surface area contributed by atoms with Crippen LogP contribution in [0.25, 0.3) is 11.0 Å². The van der Waals surface area contributed by atoms with Gasteiger partial charge in [-0.15, -0.1) is 0 Å². The molecule has 2 aromatic carbocycles. The Morgan fingerprint density at radius 2 is 1.89 bits per heavy atom. The summed E-state index contributed by atoms with van der Waals surface area (Å²) in [5, 5.41) is 0.844. The quantitative estimate of drug-likeness (QED) is 0.487. The third-order valence-corrected chi connectivity index (χ3v) is 4.41. The number of carbonyl (C=O) groups is 1. The zero-order valence-electron chi connectivity index (χ0n) is 15.7. The second-order valence-electron chi connectivity index (χ2n) is 6.33. The van der Waals surface area contributed by atoms with E-state index < -0.39 is 12.1 Å². The van der Waals surface area contributed by atoms with E-state index in [0.29, 0.717) is 29.9 Å². The molecule has 3 rings (SSSR count). The Balaban J connectivity index is 1.91. The molecular weight excluding hydrogens is 344 g/mol. The summed E-state index contributed by atoms with van der Waals surface area (Å²) in [6.07, 6.45) is -0.226. The lowest BCUT2D eigenvalue weighted by atomic mass is 10.00. The number of carbonyl (C=O) groups excluding carboxylic acids is 1. The molecule has 0 amide bonds. The molecule has 0 fully saturated rings. The average molecular weight is 366 g/mol. The molecule has 0 saturated heterocycles. The summed E-state index contributed by atoms with van der Waals surface area (Å²) in [4.78, 5) is 24.2. The number of hydrogen-bond donors (Lipinski definition) is 0. The van der Waals surface area contributed by atoms with Crippen LogP contribution in [0.5, 0.6) is 5.75 Å². The summed E-state index contributed by atoms with van der Waals surface area (Å²) in [5.74, 6) is 0.00912. The van der Waals surface area contributed by atoms with E-state index in [1.54, 1.807) is 26.0 Å². The second-order valence-corrected chi connectivity index (χ2v) is 6.33. The number of aryl methyl sites for hydroxylation is 1. The molecule has 1 aromatic heterocycles. The van der Waals surface area contributed by atoms with Gasteiger partial charge in [0.1, 0.15) is 11.3 Å². The predicted octanol–water partition coefficient (Wildman–Crippen LogP) is 4.02. The molecule has 0 aliphatic heterocycles.